The molecule has 0 saturated heterocycles. The molecule has 3 aromatic carbocycles. The van der Waals surface area contributed by atoms with Gasteiger partial charge in [-0.2, -0.15) is 0 Å². The van der Waals surface area contributed by atoms with Gasteiger partial charge in [0.05, 0.1) is 13.2 Å². The number of ketones is 3. The fraction of sp³-hybridized carbons (Fsp3) is 0.233. The molecule has 9 heteroatoms. The maximum absolute atomic E-state index is 12.7. The Bertz CT molecular complexity index is 1310. The number of hydrogen-bond acceptors (Lipinski definition) is 7. The summed E-state index contributed by atoms with van der Waals surface area (Å²) in [6.45, 7) is 3.76. The van der Waals surface area contributed by atoms with Gasteiger partial charge in [-0.1, -0.05) is 77.8 Å². The third kappa shape index (κ3) is 10.5. The van der Waals surface area contributed by atoms with E-state index in [9.17, 15) is 24.0 Å². The van der Waals surface area contributed by atoms with E-state index in [0.29, 0.717) is 21.2 Å². The van der Waals surface area contributed by atoms with Gasteiger partial charge in [0.25, 0.3) is 0 Å². The lowest BCUT2D eigenvalue weighted by atomic mass is 9.91. The molecule has 204 valence electrons. The highest BCUT2D eigenvalue weighted by Crippen LogP contribution is 2.20. The van der Waals surface area contributed by atoms with Crippen molar-refractivity contribution in [2.75, 3.05) is 13.2 Å². The molecule has 0 saturated carbocycles. The summed E-state index contributed by atoms with van der Waals surface area (Å²) in [4.78, 5) is 59.8. The zero-order valence-corrected chi connectivity index (χ0v) is 23.0. The summed E-state index contributed by atoms with van der Waals surface area (Å²) < 4.78 is 9.64. The van der Waals surface area contributed by atoms with Gasteiger partial charge < -0.3 is 9.47 Å². The summed E-state index contributed by atoms with van der Waals surface area (Å²) in [6.07, 6.45) is -0.484. The van der Waals surface area contributed by atoms with Crippen LogP contribution >= 0.6 is 23.2 Å². The average Bonchev–Trinajstić information content (AvgIpc) is 2.92. The number of benzene rings is 3. The number of carbonyl (C=O) groups is 5. The maximum Gasteiger partial charge on any atom is 0.317 e. The van der Waals surface area contributed by atoms with E-state index in [0.717, 1.165) is 0 Å². The Balaban J connectivity index is 0.000000306. The Morgan fingerprint density at radius 3 is 1.77 bits per heavy atom. The van der Waals surface area contributed by atoms with Crippen LogP contribution in [0.4, 0.5) is 0 Å². The maximum atomic E-state index is 12.7. The second-order valence-corrected chi connectivity index (χ2v) is 8.96. The third-order valence-electron chi connectivity index (χ3n) is 5.24. The highest BCUT2D eigenvalue weighted by atomic mass is 35.5. The van der Waals surface area contributed by atoms with E-state index in [1.54, 1.807) is 80.6 Å². The van der Waals surface area contributed by atoms with E-state index in [4.69, 9.17) is 27.9 Å². The molecule has 0 bridgehead atoms. The first-order chi connectivity index (χ1) is 18.7. The van der Waals surface area contributed by atoms with E-state index in [1.807, 2.05) is 0 Å². The van der Waals surface area contributed by atoms with E-state index in [-0.39, 0.29) is 43.2 Å². The third-order valence-corrected chi connectivity index (χ3v) is 5.71. The quantitative estimate of drug-likeness (QED) is 0.148. The number of rotatable bonds is 11. The summed E-state index contributed by atoms with van der Waals surface area (Å²) in [6, 6.07) is 21.3. The molecule has 0 heterocycles. The lowest BCUT2D eigenvalue weighted by molar-refractivity contribution is -0.146. The molecular weight excluding hydrogens is 543 g/mol. The van der Waals surface area contributed by atoms with Gasteiger partial charge in [0, 0.05) is 33.2 Å². The van der Waals surface area contributed by atoms with Gasteiger partial charge in [-0.15, -0.1) is 0 Å². The molecule has 0 radical (unpaired) electrons. The highest BCUT2D eigenvalue weighted by Gasteiger charge is 2.31. The first-order valence-corrected chi connectivity index (χ1v) is 12.9. The van der Waals surface area contributed by atoms with Crippen molar-refractivity contribution in [3.05, 3.63) is 106 Å². The minimum absolute atomic E-state index is 0.137. The molecule has 7 nitrogen and oxygen atoms in total. The van der Waals surface area contributed by atoms with E-state index in [1.165, 1.54) is 12.1 Å². The molecule has 39 heavy (non-hydrogen) atoms. The summed E-state index contributed by atoms with van der Waals surface area (Å²) in [7, 11) is 0. The lowest BCUT2D eigenvalue weighted by Gasteiger charge is -2.14. The molecule has 3 rings (SSSR count). The van der Waals surface area contributed by atoms with Gasteiger partial charge in [-0.25, -0.2) is 0 Å². The molecule has 0 fully saturated rings. The fourth-order valence-electron chi connectivity index (χ4n) is 3.40. The van der Waals surface area contributed by atoms with Crippen LogP contribution in [0.1, 0.15) is 57.8 Å². The molecule has 0 aliphatic rings. The van der Waals surface area contributed by atoms with Crippen LogP contribution in [0.5, 0.6) is 0 Å². The van der Waals surface area contributed by atoms with Crippen LogP contribution in [0.3, 0.4) is 0 Å². The molecule has 3 aromatic rings. The Morgan fingerprint density at radius 2 is 1.21 bits per heavy atom. The number of hydrogen-bond donors (Lipinski definition) is 0. The van der Waals surface area contributed by atoms with Gasteiger partial charge in [0.2, 0.25) is 0 Å². The fourth-order valence-corrected chi connectivity index (χ4v) is 3.78. The van der Waals surface area contributed by atoms with Gasteiger partial charge in [0.1, 0.15) is 12.3 Å². The van der Waals surface area contributed by atoms with Gasteiger partial charge in [-0.05, 0) is 38.1 Å². The molecule has 0 aliphatic heterocycles. The summed E-state index contributed by atoms with van der Waals surface area (Å²) in [5.74, 6) is -3.44. The normalized spacial score (nSPS) is 10.9. The first kappa shape index (κ1) is 31.4. The Hall–Kier alpha value is -3.81. The van der Waals surface area contributed by atoms with E-state index in [2.05, 4.69) is 4.74 Å². The van der Waals surface area contributed by atoms with Crippen molar-refractivity contribution in [3.63, 3.8) is 0 Å². The lowest BCUT2D eigenvalue weighted by Crippen LogP contribution is -2.29. The Labute approximate surface area is 237 Å². The predicted octanol–water partition coefficient (Wildman–Crippen LogP) is 6.45. The molecule has 1 atom stereocenters. The predicted molar refractivity (Wildman–Crippen MR) is 148 cm³/mol. The Kier molecular flexibility index (Phi) is 13.1. The second-order valence-electron chi connectivity index (χ2n) is 8.09. The zero-order valence-electron chi connectivity index (χ0n) is 21.5. The van der Waals surface area contributed by atoms with Crippen LogP contribution in [-0.4, -0.2) is 42.5 Å². The number of Topliss-reactive ketones (excluding diaryl/α,β-unsaturated/α-hetero) is 3. The minimum atomic E-state index is -1.18. The molecule has 0 amide bonds. The number of esters is 2. The molecule has 0 spiro atoms. The molecule has 0 N–H and O–H groups in total. The van der Waals surface area contributed by atoms with Crippen LogP contribution in [0, 0.1) is 5.92 Å². The molecule has 0 aliphatic carbocycles. The number of carbonyl (C=O) groups excluding carboxylic acids is 5. The SMILES string of the molecule is CCOC(=O)C(CC(=O)c1ccccc1)C(=O)c1cccc(Cl)c1.CCOC(=O)CC(=O)c1cccc(Cl)c1. The second kappa shape index (κ2) is 16.2. The van der Waals surface area contributed by atoms with Crippen molar-refractivity contribution in [2.24, 2.45) is 5.92 Å². The van der Waals surface area contributed by atoms with Crippen molar-refractivity contribution < 1.29 is 33.4 Å². The number of halogens is 2. The monoisotopic (exact) mass is 570 g/mol. The van der Waals surface area contributed by atoms with Gasteiger partial charge >= 0.3 is 11.9 Å². The summed E-state index contributed by atoms with van der Waals surface area (Å²) >= 11 is 11.6. The highest BCUT2D eigenvalue weighted by molar-refractivity contribution is 6.31. The van der Waals surface area contributed by atoms with E-state index < -0.39 is 23.6 Å². The van der Waals surface area contributed by atoms with E-state index >= 15 is 0 Å². The molecule has 0 aromatic heterocycles. The summed E-state index contributed by atoms with van der Waals surface area (Å²) in [5.41, 5.74) is 1.16. The van der Waals surface area contributed by atoms with Crippen LogP contribution < -0.4 is 0 Å². The van der Waals surface area contributed by atoms with Crippen molar-refractivity contribution in [2.45, 2.75) is 26.7 Å². The molecular formula is C30H28Cl2O7. The van der Waals surface area contributed by atoms with Gasteiger partial charge in [0.15, 0.2) is 17.3 Å². The topological polar surface area (TPSA) is 104 Å². The van der Waals surface area contributed by atoms with Crippen LogP contribution in [0.15, 0.2) is 78.9 Å². The van der Waals surface area contributed by atoms with Crippen molar-refractivity contribution in [3.8, 4) is 0 Å². The first-order valence-electron chi connectivity index (χ1n) is 12.1. The Morgan fingerprint density at radius 1 is 0.667 bits per heavy atom. The smallest absolute Gasteiger partial charge is 0.317 e. The largest absolute Gasteiger partial charge is 0.466 e. The molecule has 1 unspecified atom stereocenters. The summed E-state index contributed by atoms with van der Waals surface area (Å²) in [5, 5.41) is 0.863. The standard InChI is InChI=1S/C19H17ClO4.C11H11ClO3/c1-2-24-19(23)16(12-17(21)13-7-4-3-5-8-13)18(22)14-9-6-10-15(20)11-14;1-2-15-11(14)7-10(13)8-4-3-5-9(12)6-8/h3-11,16H,2,12H2,1H3;3-6H,2,7H2,1H3. The zero-order chi connectivity index (χ0) is 28.8. The van der Waals surface area contributed by atoms with Crippen molar-refractivity contribution in [1.29, 1.82) is 0 Å². The minimum Gasteiger partial charge on any atom is -0.466 e. The van der Waals surface area contributed by atoms with Gasteiger partial charge in [-0.3, -0.25) is 24.0 Å². The van der Waals surface area contributed by atoms with Crippen LogP contribution in [0.2, 0.25) is 10.0 Å². The average molecular weight is 571 g/mol. The van der Waals surface area contributed by atoms with Crippen LogP contribution in [0.25, 0.3) is 0 Å². The van der Waals surface area contributed by atoms with Crippen LogP contribution in [-0.2, 0) is 19.1 Å². The van der Waals surface area contributed by atoms with Crippen molar-refractivity contribution in [1.82, 2.24) is 0 Å². The number of ether oxygens (including phenoxy) is 2. The van der Waals surface area contributed by atoms with Crippen molar-refractivity contribution >= 4 is 52.5 Å².